The molecule has 1 saturated heterocycles. The lowest BCUT2D eigenvalue weighted by molar-refractivity contribution is 0.0978. The number of aliphatic hydroxyl groups is 1. The van der Waals surface area contributed by atoms with E-state index in [1.54, 1.807) is 0 Å². The topological polar surface area (TPSA) is 71.6 Å². The predicted molar refractivity (Wildman–Crippen MR) is 126 cm³/mol. The Balaban J connectivity index is 1.72. The number of piperidine rings is 1. The molecule has 31 heavy (non-hydrogen) atoms. The molecule has 2 aromatic rings. The summed E-state index contributed by atoms with van der Waals surface area (Å²) in [6, 6.07) is 4.96. The number of hydrogen-bond acceptors (Lipinski definition) is 3. The second-order valence-electron chi connectivity index (χ2n) is 9.13. The van der Waals surface area contributed by atoms with Gasteiger partial charge in [0.25, 0.3) is 0 Å². The maximum absolute atomic E-state index is 12.8. The molecule has 4 rings (SSSR count). The van der Waals surface area contributed by atoms with Crippen molar-refractivity contribution in [2.24, 2.45) is 0 Å². The first-order chi connectivity index (χ1) is 15.0. The van der Waals surface area contributed by atoms with Crippen molar-refractivity contribution in [3.8, 4) is 0 Å². The van der Waals surface area contributed by atoms with E-state index >= 15 is 0 Å². The summed E-state index contributed by atoms with van der Waals surface area (Å²) in [5.41, 5.74) is 6.27. The highest BCUT2D eigenvalue weighted by Crippen LogP contribution is 2.45. The van der Waals surface area contributed by atoms with E-state index in [-0.39, 0.29) is 18.7 Å². The van der Waals surface area contributed by atoms with Crippen LogP contribution in [0.2, 0.25) is 0 Å². The van der Waals surface area contributed by atoms with Crippen LogP contribution in [-0.4, -0.2) is 64.2 Å². The summed E-state index contributed by atoms with van der Waals surface area (Å²) in [6.45, 7) is 12.0. The molecule has 1 aromatic carbocycles. The van der Waals surface area contributed by atoms with Gasteiger partial charge in [0.2, 0.25) is 0 Å². The van der Waals surface area contributed by atoms with Gasteiger partial charge in [-0.15, -0.1) is 0 Å². The van der Waals surface area contributed by atoms with Gasteiger partial charge in [-0.25, -0.2) is 4.79 Å². The summed E-state index contributed by atoms with van der Waals surface area (Å²) in [5.74, 6) is 0.365. The number of rotatable bonds is 7. The number of benzene rings is 1. The van der Waals surface area contributed by atoms with E-state index in [4.69, 9.17) is 0 Å². The smallest absolute Gasteiger partial charge is 0.317 e. The van der Waals surface area contributed by atoms with Crippen molar-refractivity contribution >= 4 is 16.9 Å². The molecular formula is C25H38N4O2. The summed E-state index contributed by atoms with van der Waals surface area (Å²) in [6.07, 6.45) is 4.11. The highest BCUT2D eigenvalue weighted by atomic mass is 16.3. The second-order valence-corrected chi connectivity index (χ2v) is 9.13. The number of fused-ring (bicyclic) bond motifs is 2. The highest BCUT2D eigenvalue weighted by molar-refractivity contribution is 5.90. The number of hydrogen-bond donors (Lipinski definition) is 3. The average Bonchev–Trinajstić information content (AvgIpc) is 3.13. The van der Waals surface area contributed by atoms with Crippen LogP contribution in [0.4, 0.5) is 4.79 Å². The number of carbonyl (C=O) groups is 1. The standard InChI is InChI=1S/C25H38N4O2/c1-5-9-29-14-17(26-25(31)28(7-3)8-4)12-18-19-10-16(15-30)11-22-24(19)20(13-23(18)29)21(6-2)27-22/h10-11,17-18,23,27,30H,5-9,12-15H2,1-4H3,(H,26,31)/t17-,18+,23+/m0/s1. The van der Waals surface area contributed by atoms with Crippen molar-refractivity contribution in [2.45, 2.75) is 78.0 Å². The first-order valence-electron chi connectivity index (χ1n) is 12.1. The van der Waals surface area contributed by atoms with Crippen LogP contribution < -0.4 is 5.32 Å². The van der Waals surface area contributed by atoms with Gasteiger partial charge in [-0.3, -0.25) is 4.90 Å². The molecule has 3 N–H and O–H groups in total. The van der Waals surface area contributed by atoms with Crippen LogP contribution in [0.1, 0.15) is 68.8 Å². The van der Waals surface area contributed by atoms with E-state index in [9.17, 15) is 9.90 Å². The van der Waals surface area contributed by atoms with E-state index in [0.29, 0.717) is 12.0 Å². The molecule has 170 valence electrons. The van der Waals surface area contributed by atoms with E-state index < -0.39 is 0 Å². The fourth-order valence-electron chi connectivity index (χ4n) is 5.91. The van der Waals surface area contributed by atoms with E-state index in [2.05, 4.69) is 41.2 Å². The molecule has 1 aromatic heterocycles. The van der Waals surface area contributed by atoms with E-state index in [0.717, 1.165) is 62.9 Å². The number of H-pyrrole nitrogens is 1. The Morgan fingerprint density at radius 2 is 2.03 bits per heavy atom. The van der Waals surface area contributed by atoms with Crippen LogP contribution in [0.3, 0.4) is 0 Å². The summed E-state index contributed by atoms with van der Waals surface area (Å²) >= 11 is 0. The Hall–Kier alpha value is -2.05. The Kier molecular flexibility index (Phi) is 6.58. The monoisotopic (exact) mass is 426 g/mol. The van der Waals surface area contributed by atoms with E-state index in [1.807, 2.05) is 18.7 Å². The number of nitrogens with one attached hydrogen (secondary N) is 2. The predicted octanol–water partition coefficient (Wildman–Crippen LogP) is 3.77. The van der Waals surface area contributed by atoms with E-state index in [1.165, 1.54) is 22.2 Å². The SMILES string of the molecule is CCCN1C[C@@H](NC(=O)N(CC)CC)C[C@@H]2c3cc(CO)cc4[nH]c(CC)c(c34)C[C@H]21. The third-order valence-electron chi connectivity index (χ3n) is 7.35. The summed E-state index contributed by atoms with van der Waals surface area (Å²) in [7, 11) is 0. The Bertz CT molecular complexity index is 933. The molecular weight excluding hydrogens is 388 g/mol. The van der Waals surface area contributed by atoms with Gasteiger partial charge in [-0.1, -0.05) is 19.9 Å². The lowest BCUT2D eigenvalue weighted by atomic mass is 9.73. The van der Waals surface area contributed by atoms with Crippen LogP contribution in [0, 0.1) is 0 Å². The van der Waals surface area contributed by atoms with Gasteiger partial charge in [0.05, 0.1) is 6.61 Å². The lowest BCUT2D eigenvalue weighted by Gasteiger charge is -2.47. The third-order valence-corrected chi connectivity index (χ3v) is 7.35. The van der Waals surface area contributed by atoms with Crippen molar-refractivity contribution in [3.63, 3.8) is 0 Å². The number of likely N-dealkylation sites (tertiary alicyclic amines) is 1. The van der Waals surface area contributed by atoms with Crippen LogP contribution >= 0.6 is 0 Å². The van der Waals surface area contributed by atoms with Crippen molar-refractivity contribution in [2.75, 3.05) is 26.2 Å². The molecule has 2 aliphatic rings. The maximum Gasteiger partial charge on any atom is 0.317 e. The summed E-state index contributed by atoms with van der Waals surface area (Å²) < 4.78 is 0. The summed E-state index contributed by atoms with van der Waals surface area (Å²) in [5, 5.41) is 14.6. The lowest BCUT2D eigenvalue weighted by Crippen LogP contribution is -2.58. The summed E-state index contributed by atoms with van der Waals surface area (Å²) in [4.78, 5) is 20.9. The number of aryl methyl sites for hydroxylation is 1. The Morgan fingerprint density at radius 1 is 1.26 bits per heavy atom. The zero-order chi connectivity index (χ0) is 22.1. The highest BCUT2D eigenvalue weighted by Gasteiger charge is 2.42. The van der Waals surface area contributed by atoms with Gasteiger partial charge in [0.1, 0.15) is 0 Å². The molecule has 6 nitrogen and oxygen atoms in total. The van der Waals surface area contributed by atoms with Crippen molar-refractivity contribution < 1.29 is 9.90 Å². The van der Waals surface area contributed by atoms with Gasteiger partial charge in [0.15, 0.2) is 0 Å². The minimum Gasteiger partial charge on any atom is -0.392 e. The van der Waals surface area contributed by atoms with Gasteiger partial charge in [0, 0.05) is 54.2 Å². The van der Waals surface area contributed by atoms with Crippen LogP contribution in [0.25, 0.3) is 10.9 Å². The first-order valence-corrected chi connectivity index (χ1v) is 12.1. The minimum absolute atomic E-state index is 0.0468. The first kappa shape index (κ1) is 22.2. The normalized spacial score (nSPS) is 23.1. The molecule has 1 fully saturated rings. The molecule has 3 atom stereocenters. The minimum atomic E-state index is 0.0468. The fourth-order valence-corrected chi connectivity index (χ4v) is 5.91. The number of carbonyl (C=O) groups excluding carboxylic acids is 1. The fraction of sp³-hybridized carbons (Fsp3) is 0.640. The van der Waals surface area contributed by atoms with Crippen LogP contribution in [0.5, 0.6) is 0 Å². The molecule has 1 aliphatic heterocycles. The second kappa shape index (κ2) is 9.21. The number of aromatic nitrogens is 1. The molecule has 0 unspecified atom stereocenters. The molecule has 0 radical (unpaired) electrons. The molecule has 2 amide bonds. The molecule has 1 aliphatic carbocycles. The quantitative estimate of drug-likeness (QED) is 0.631. The van der Waals surface area contributed by atoms with Gasteiger partial charge in [-0.2, -0.15) is 0 Å². The largest absolute Gasteiger partial charge is 0.392 e. The Morgan fingerprint density at radius 3 is 2.68 bits per heavy atom. The molecule has 0 spiro atoms. The Labute approximate surface area is 186 Å². The van der Waals surface area contributed by atoms with Gasteiger partial charge in [-0.05, 0) is 68.8 Å². The number of urea groups is 1. The van der Waals surface area contributed by atoms with Crippen LogP contribution in [-0.2, 0) is 19.4 Å². The van der Waals surface area contributed by atoms with Crippen molar-refractivity contribution in [1.29, 1.82) is 0 Å². The van der Waals surface area contributed by atoms with Crippen molar-refractivity contribution in [1.82, 2.24) is 20.1 Å². The number of nitrogens with zero attached hydrogens (tertiary/aromatic N) is 2. The zero-order valence-electron chi connectivity index (χ0n) is 19.5. The van der Waals surface area contributed by atoms with Gasteiger partial charge >= 0.3 is 6.03 Å². The number of amides is 2. The molecule has 0 saturated carbocycles. The van der Waals surface area contributed by atoms with Crippen LogP contribution in [0.15, 0.2) is 12.1 Å². The molecule has 6 heteroatoms. The third kappa shape index (κ3) is 3.96. The zero-order valence-corrected chi connectivity index (χ0v) is 19.5. The molecule has 0 bridgehead atoms. The molecule has 2 heterocycles. The average molecular weight is 427 g/mol. The number of aliphatic hydroxyl groups excluding tert-OH is 1. The van der Waals surface area contributed by atoms with Gasteiger partial charge < -0.3 is 20.3 Å². The number of aromatic amines is 1. The van der Waals surface area contributed by atoms with Crippen molar-refractivity contribution in [3.05, 3.63) is 34.5 Å². The maximum atomic E-state index is 12.8.